The third-order valence-electron chi connectivity index (χ3n) is 13.1. The van der Waals surface area contributed by atoms with Crippen LogP contribution in [0.15, 0.2) is 158 Å². The molecule has 444 valence electrons. The number of unbranched alkanes of at least 4 members (excludes halogenated alkanes) is 20. The summed E-state index contributed by atoms with van der Waals surface area (Å²) >= 11 is 0. The first-order valence-electron chi connectivity index (χ1n) is 32.0. The Balaban J connectivity index is 4.48. The van der Waals surface area contributed by atoms with Gasteiger partial charge in [0.05, 0.1) is 6.42 Å². The van der Waals surface area contributed by atoms with Crippen molar-refractivity contribution in [2.24, 2.45) is 0 Å². The largest absolute Gasteiger partial charge is 0.462 e. The van der Waals surface area contributed by atoms with Gasteiger partial charge >= 0.3 is 17.9 Å². The zero-order valence-corrected chi connectivity index (χ0v) is 50.8. The van der Waals surface area contributed by atoms with Crippen LogP contribution in [0.3, 0.4) is 0 Å². The quantitative estimate of drug-likeness (QED) is 0.0261. The molecule has 0 saturated heterocycles. The molecule has 0 rings (SSSR count). The van der Waals surface area contributed by atoms with Crippen molar-refractivity contribution >= 4 is 17.9 Å². The number of carbonyl (C=O) groups excluding carboxylic acids is 3. The van der Waals surface area contributed by atoms with E-state index in [1.165, 1.54) is 89.9 Å². The molecule has 0 bridgehead atoms. The topological polar surface area (TPSA) is 78.9 Å². The Morgan fingerprint density at radius 2 is 0.544 bits per heavy atom. The standard InChI is InChI=1S/C73H116O6/c1-4-7-10-13-16-19-22-25-28-30-31-32-33-34-35-36-37-38-39-40-41-43-45-48-51-54-57-60-63-66-72(75)78-69-70(68-77-71(74)65-62-59-56-53-50-47-44-27-24-21-18-15-12-9-6-3)79-73(76)67-64-61-58-55-52-49-46-42-29-26-23-20-17-14-11-8-5-2/h7,9-10,12,16,18-19,21,25,27-28,31-32,34-35,37-38,40-41,44-45,48,50,53,59,62,70H,4-6,8,11,13-15,17,20,22-24,26,29-30,33,36,39,42-43,46-47,49,51-52,54-58,60-61,63-69H2,1-3H3/b10-7-,12-9-,19-16-,21-18-,28-25-,32-31-,35-34-,38-37-,41-40-,44-27-,48-45-,53-50-,62-59-. The SMILES string of the molecule is CC/C=C\C/C=C\C/C=C\C/C=C\C/C=C\C/C=C\C/C=C\C/C=C\CCCCCCC(=O)OCC(COC(=O)C/C=C\C/C=C\C/C=C\C/C=C\C/C=C\CC)OC(=O)CCCCCCCCCCCCCCCCCCC. The van der Waals surface area contributed by atoms with E-state index in [1.54, 1.807) is 6.08 Å². The summed E-state index contributed by atoms with van der Waals surface area (Å²) in [5.41, 5.74) is 0. The molecule has 0 aliphatic heterocycles. The summed E-state index contributed by atoms with van der Waals surface area (Å²) in [5.74, 6) is -1.08. The van der Waals surface area contributed by atoms with Gasteiger partial charge in [-0.25, -0.2) is 0 Å². The van der Waals surface area contributed by atoms with Gasteiger partial charge in [-0.3, -0.25) is 14.4 Å². The molecular formula is C73H116O6. The van der Waals surface area contributed by atoms with Gasteiger partial charge in [0.2, 0.25) is 0 Å². The Morgan fingerprint density at radius 1 is 0.278 bits per heavy atom. The molecule has 0 radical (unpaired) electrons. The smallest absolute Gasteiger partial charge is 0.309 e. The van der Waals surface area contributed by atoms with Crippen molar-refractivity contribution in [2.75, 3.05) is 13.2 Å². The first-order valence-corrected chi connectivity index (χ1v) is 32.0. The average Bonchev–Trinajstić information content (AvgIpc) is 3.45. The molecule has 0 N–H and O–H groups in total. The molecule has 6 nitrogen and oxygen atoms in total. The van der Waals surface area contributed by atoms with E-state index in [-0.39, 0.29) is 31.6 Å². The average molecular weight is 1090 g/mol. The van der Waals surface area contributed by atoms with Crippen LogP contribution < -0.4 is 0 Å². The van der Waals surface area contributed by atoms with Crippen LogP contribution in [0.5, 0.6) is 0 Å². The number of rotatable bonds is 56. The second-order valence-electron chi connectivity index (χ2n) is 20.6. The van der Waals surface area contributed by atoms with Crippen LogP contribution in [0.1, 0.15) is 265 Å². The molecule has 0 aromatic rings. The Labute approximate surface area is 486 Å². The molecule has 0 saturated carbocycles. The molecule has 0 amide bonds. The highest BCUT2D eigenvalue weighted by atomic mass is 16.6. The fourth-order valence-electron chi connectivity index (χ4n) is 8.36. The van der Waals surface area contributed by atoms with Gasteiger partial charge in [-0.2, -0.15) is 0 Å². The number of carbonyl (C=O) groups is 3. The normalized spacial score (nSPS) is 13.2. The molecule has 0 aromatic carbocycles. The Kier molecular flexibility index (Phi) is 61.4. The first-order chi connectivity index (χ1) is 39.0. The number of allylic oxidation sites excluding steroid dienone is 25. The second kappa shape index (κ2) is 65.5. The molecule has 79 heavy (non-hydrogen) atoms. The number of esters is 3. The van der Waals surface area contributed by atoms with E-state index < -0.39 is 12.1 Å². The van der Waals surface area contributed by atoms with Crippen LogP contribution >= 0.6 is 0 Å². The third kappa shape index (κ3) is 63.7. The van der Waals surface area contributed by atoms with Crippen LogP contribution in [0.25, 0.3) is 0 Å². The number of ether oxygens (including phenoxy) is 3. The monoisotopic (exact) mass is 1090 g/mol. The lowest BCUT2D eigenvalue weighted by atomic mass is 10.0. The van der Waals surface area contributed by atoms with Crippen LogP contribution in [0, 0.1) is 0 Å². The highest BCUT2D eigenvalue weighted by molar-refractivity contribution is 5.72. The highest BCUT2D eigenvalue weighted by Gasteiger charge is 2.19. The molecule has 0 aliphatic rings. The summed E-state index contributed by atoms with van der Waals surface area (Å²) in [6.45, 7) is 6.31. The van der Waals surface area contributed by atoms with Gasteiger partial charge in [-0.15, -0.1) is 0 Å². The van der Waals surface area contributed by atoms with E-state index in [0.717, 1.165) is 135 Å². The minimum atomic E-state index is -0.835. The molecule has 1 unspecified atom stereocenters. The molecule has 0 aromatic heterocycles. The molecule has 0 fully saturated rings. The lowest BCUT2D eigenvalue weighted by molar-refractivity contribution is -0.166. The highest BCUT2D eigenvalue weighted by Crippen LogP contribution is 2.15. The van der Waals surface area contributed by atoms with Gasteiger partial charge in [0.25, 0.3) is 0 Å². The van der Waals surface area contributed by atoms with Crippen molar-refractivity contribution in [3.05, 3.63) is 158 Å². The zero-order chi connectivity index (χ0) is 57.1. The van der Waals surface area contributed by atoms with Gasteiger partial charge in [-0.1, -0.05) is 294 Å². The minimum Gasteiger partial charge on any atom is -0.462 e. The number of hydrogen-bond donors (Lipinski definition) is 0. The Morgan fingerprint density at radius 3 is 0.886 bits per heavy atom. The van der Waals surface area contributed by atoms with Gasteiger partial charge in [0, 0.05) is 12.8 Å². The Bertz CT molecular complexity index is 1780. The molecule has 1 atom stereocenters. The van der Waals surface area contributed by atoms with Crippen molar-refractivity contribution in [2.45, 2.75) is 271 Å². The second-order valence-corrected chi connectivity index (χ2v) is 20.6. The van der Waals surface area contributed by atoms with E-state index >= 15 is 0 Å². The predicted molar refractivity (Wildman–Crippen MR) is 343 cm³/mol. The van der Waals surface area contributed by atoms with Crippen molar-refractivity contribution in [3.8, 4) is 0 Å². The van der Waals surface area contributed by atoms with Crippen molar-refractivity contribution in [1.82, 2.24) is 0 Å². The lowest BCUT2D eigenvalue weighted by Crippen LogP contribution is -2.30. The summed E-state index contributed by atoms with van der Waals surface area (Å²) in [6.07, 6.45) is 95.6. The minimum absolute atomic E-state index is 0.117. The fraction of sp³-hybridized carbons (Fsp3) is 0.603. The van der Waals surface area contributed by atoms with Gasteiger partial charge < -0.3 is 14.2 Å². The van der Waals surface area contributed by atoms with Crippen LogP contribution in [-0.4, -0.2) is 37.2 Å². The van der Waals surface area contributed by atoms with Gasteiger partial charge in [-0.05, 0) is 109 Å². The third-order valence-corrected chi connectivity index (χ3v) is 13.1. The molecular weight excluding hydrogens is 973 g/mol. The maximum atomic E-state index is 12.9. The summed E-state index contributed by atoms with van der Waals surface area (Å²) in [4.78, 5) is 38.2. The van der Waals surface area contributed by atoms with Crippen molar-refractivity contribution < 1.29 is 28.6 Å². The van der Waals surface area contributed by atoms with Gasteiger partial charge in [0.1, 0.15) is 13.2 Å². The molecule has 0 aliphatic carbocycles. The van der Waals surface area contributed by atoms with Crippen LogP contribution in [0.4, 0.5) is 0 Å². The zero-order valence-electron chi connectivity index (χ0n) is 50.8. The van der Waals surface area contributed by atoms with E-state index in [2.05, 4.69) is 167 Å². The summed E-state index contributed by atoms with van der Waals surface area (Å²) in [5, 5.41) is 0. The maximum Gasteiger partial charge on any atom is 0.309 e. The van der Waals surface area contributed by atoms with E-state index in [9.17, 15) is 14.4 Å². The van der Waals surface area contributed by atoms with Crippen LogP contribution in [0.2, 0.25) is 0 Å². The molecule has 0 heterocycles. The van der Waals surface area contributed by atoms with Crippen molar-refractivity contribution in [1.29, 1.82) is 0 Å². The maximum absolute atomic E-state index is 12.9. The van der Waals surface area contributed by atoms with Gasteiger partial charge in [0.15, 0.2) is 6.10 Å². The summed E-state index contributed by atoms with van der Waals surface area (Å²) in [6, 6.07) is 0. The summed E-state index contributed by atoms with van der Waals surface area (Å²) in [7, 11) is 0. The van der Waals surface area contributed by atoms with Crippen molar-refractivity contribution in [3.63, 3.8) is 0 Å². The molecule has 0 spiro atoms. The predicted octanol–water partition coefficient (Wildman–Crippen LogP) is 22.1. The van der Waals surface area contributed by atoms with Crippen LogP contribution in [-0.2, 0) is 28.6 Å². The number of hydrogen-bond acceptors (Lipinski definition) is 6. The van der Waals surface area contributed by atoms with E-state index in [0.29, 0.717) is 12.8 Å². The summed E-state index contributed by atoms with van der Waals surface area (Å²) < 4.78 is 16.8. The lowest BCUT2D eigenvalue weighted by Gasteiger charge is -2.18. The van der Waals surface area contributed by atoms with E-state index in [4.69, 9.17) is 14.2 Å². The fourth-order valence-corrected chi connectivity index (χ4v) is 8.36. The van der Waals surface area contributed by atoms with E-state index in [1.807, 2.05) is 6.08 Å². The first kappa shape index (κ1) is 74.0. The molecule has 6 heteroatoms. The Hall–Kier alpha value is -4.97.